The molecule has 1 saturated carbocycles. The van der Waals surface area contributed by atoms with Crippen LogP contribution in [-0.2, 0) is 31.0 Å². The lowest BCUT2D eigenvalue weighted by Crippen LogP contribution is -2.53. The molecular formula is C42H38BrN3O6. The highest BCUT2D eigenvalue weighted by Crippen LogP contribution is 2.65. The number of fused-ring (bicyclic) bond motifs is 4. The fourth-order valence-electron chi connectivity index (χ4n) is 9.20. The van der Waals surface area contributed by atoms with Crippen molar-refractivity contribution < 1.29 is 29.0 Å². The van der Waals surface area contributed by atoms with Crippen molar-refractivity contribution in [2.45, 2.75) is 44.4 Å². The molecule has 264 valence electrons. The topological polar surface area (TPSA) is 116 Å². The Balaban J connectivity index is 1.33. The summed E-state index contributed by atoms with van der Waals surface area (Å²) < 4.78 is 6.21. The van der Waals surface area contributed by atoms with Crippen molar-refractivity contribution >= 4 is 50.9 Å². The van der Waals surface area contributed by atoms with Gasteiger partial charge in [0.2, 0.25) is 11.8 Å². The standard InChI is InChI=1S/C42H38BrN3O6/c1-4-24-12-16-28(17-13-24)45-38(48)30-19-18-29-31(35(30)40(45)50)22-33-39(49)46(44-27-14-10-23(2)11-15-27)41(51)42(33,25-8-6-5-7-9-25)36(29)32-20-26(43)21-34(52-3)37(32)47/h5-18,20-21,30-31,33,35-36,44,47H,4,19,22H2,1-3H3/t30-,31+,33-,35-,36+,42+/m0/s1. The SMILES string of the molecule is CCc1ccc(N2C(=O)[C@H]3[C@H](CC=C4[C@H]3C[C@H]3C(=O)N(Nc5ccc(C)cc5)C(=O)[C@@]3(c3ccccc3)[C@H]4c3cc(Br)cc(OC)c3O)C2=O)cc1. The van der Waals surface area contributed by atoms with Crippen molar-refractivity contribution in [2.75, 3.05) is 17.4 Å². The number of carbonyl (C=O) groups excluding carboxylic acids is 4. The number of anilines is 2. The summed E-state index contributed by atoms with van der Waals surface area (Å²) in [6.45, 7) is 4.00. The number of allylic oxidation sites excluding steroid dienone is 2. The molecule has 0 unspecified atom stereocenters. The molecule has 2 aliphatic carbocycles. The van der Waals surface area contributed by atoms with Gasteiger partial charge in [0.05, 0.1) is 41.7 Å². The molecule has 10 heteroatoms. The molecule has 2 aliphatic heterocycles. The smallest absolute Gasteiger partial charge is 0.260 e. The Labute approximate surface area is 310 Å². The molecule has 0 aromatic heterocycles. The minimum absolute atomic E-state index is 0.155. The number of aromatic hydroxyl groups is 1. The molecule has 2 N–H and O–H groups in total. The molecule has 2 heterocycles. The number of halogens is 1. The van der Waals surface area contributed by atoms with E-state index in [9.17, 15) is 19.5 Å². The van der Waals surface area contributed by atoms with E-state index in [0.29, 0.717) is 27.0 Å². The van der Waals surface area contributed by atoms with Crippen molar-refractivity contribution in [1.29, 1.82) is 0 Å². The van der Waals surface area contributed by atoms with E-state index in [1.165, 1.54) is 12.0 Å². The third kappa shape index (κ3) is 4.94. The summed E-state index contributed by atoms with van der Waals surface area (Å²) in [6.07, 6.45) is 3.23. The number of carbonyl (C=O) groups is 4. The van der Waals surface area contributed by atoms with Gasteiger partial charge in [-0.15, -0.1) is 0 Å². The van der Waals surface area contributed by atoms with Crippen LogP contribution < -0.4 is 15.1 Å². The van der Waals surface area contributed by atoms with Crippen LogP contribution in [0.1, 0.15) is 47.9 Å². The molecule has 4 amide bonds. The van der Waals surface area contributed by atoms with E-state index in [-0.39, 0.29) is 36.2 Å². The Morgan fingerprint density at radius 3 is 2.29 bits per heavy atom. The van der Waals surface area contributed by atoms with Crippen LogP contribution in [0, 0.1) is 30.6 Å². The predicted molar refractivity (Wildman–Crippen MR) is 199 cm³/mol. The van der Waals surface area contributed by atoms with Gasteiger partial charge in [-0.1, -0.05) is 94.7 Å². The first kappa shape index (κ1) is 33.9. The van der Waals surface area contributed by atoms with Crippen LogP contribution in [0.5, 0.6) is 11.5 Å². The first-order valence-electron chi connectivity index (χ1n) is 17.6. The average molecular weight is 761 g/mol. The van der Waals surface area contributed by atoms with Gasteiger partial charge in [0.1, 0.15) is 0 Å². The van der Waals surface area contributed by atoms with Gasteiger partial charge in [-0.25, -0.2) is 0 Å². The first-order valence-corrected chi connectivity index (χ1v) is 18.4. The molecule has 4 aromatic rings. The number of aryl methyl sites for hydroxylation is 2. The molecule has 4 aliphatic rings. The van der Waals surface area contributed by atoms with E-state index in [1.54, 1.807) is 12.1 Å². The zero-order valence-electron chi connectivity index (χ0n) is 29.0. The van der Waals surface area contributed by atoms with Gasteiger partial charge in [0.25, 0.3) is 11.8 Å². The van der Waals surface area contributed by atoms with Crippen LogP contribution in [-0.4, -0.2) is 40.9 Å². The number of benzene rings is 4. The third-order valence-corrected chi connectivity index (χ3v) is 12.1. The van der Waals surface area contributed by atoms with Crippen molar-refractivity contribution in [3.63, 3.8) is 0 Å². The number of ether oxygens (including phenoxy) is 1. The summed E-state index contributed by atoms with van der Waals surface area (Å²) in [4.78, 5) is 60.2. The number of hydrazine groups is 1. The number of nitrogens with zero attached hydrogens (tertiary/aromatic N) is 2. The van der Waals surface area contributed by atoms with E-state index in [0.717, 1.165) is 28.1 Å². The minimum atomic E-state index is -1.52. The van der Waals surface area contributed by atoms with Gasteiger partial charge in [-0.2, -0.15) is 5.01 Å². The molecular weight excluding hydrogens is 722 g/mol. The molecule has 2 saturated heterocycles. The van der Waals surface area contributed by atoms with E-state index in [4.69, 9.17) is 4.74 Å². The Bertz CT molecular complexity index is 2150. The maximum Gasteiger partial charge on any atom is 0.260 e. The van der Waals surface area contributed by atoms with Gasteiger partial charge < -0.3 is 9.84 Å². The van der Waals surface area contributed by atoms with Crippen LogP contribution in [0.25, 0.3) is 0 Å². The number of rotatable bonds is 7. The monoisotopic (exact) mass is 759 g/mol. The maximum absolute atomic E-state index is 15.3. The number of phenols is 1. The maximum atomic E-state index is 15.3. The molecule has 4 aromatic carbocycles. The van der Waals surface area contributed by atoms with Gasteiger partial charge in [-0.3, -0.25) is 29.5 Å². The first-order chi connectivity index (χ1) is 25.1. The summed E-state index contributed by atoms with van der Waals surface area (Å²) in [5.74, 6) is -5.25. The molecule has 0 spiro atoms. The number of methoxy groups -OCH3 is 1. The highest BCUT2D eigenvalue weighted by atomic mass is 79.9. The van der Waals surface area contributed by atoms with E-state index < -0.39 is 46.8 Å². The second kappa shape index (κ2) is 12.8. The van der Waals surface area contributed by atoms with Crippen LogP contribution in [0.3, 0.4) is 0 Å². The number of phenolic OH excluding ortho intramolecular Hbond substituents is 1. The lowest BCUT2D eigenvalue weighted by atomic mass is 9.49. The van der Waals surface area contributed by atoms with Gasteiger partial charge in [0, 0.05) is 16.0 Å². The van der Waals surface area contributed by atoms with Gasteiger partial charge >= 0.3 is 0 Å². The predicted octanol–water partition coefficient (Wildman–Crippen LogP) is 7.22. The average Bonchev–Trinajstić information content (AvgIpc) is 3.54. The number of nitrogens with one attached hydrogen (secondary N) is 1. The van der Waals surface area contributed by atoms with Crippen LogP contribution >= 0.6 is 15.9 Å². The minimum Gasteiger partial charge on any atom is -0.504 e. The Kier molecular flexibility index (Phi) is 8.33. The lowest BCUT2D eigenvalue weighted by molar-refractivity contribution is -0.138. The second-order valence-electron chi connectivity index (χ2n) is 14.2. The van der Waals surface area contributed by atoms with Crippen molar-refractivity contribution in [1.82, 2.24) is 5.01 Å². The highest BCUT2D eigenvalue weighted by Gasteiger charge is 2.70. The van der Waals surface area contributed by atoms with Gasteiger partial charge in [0.15, 0.2) is 11.5 Å². The van der Waals surface area contributed by atoms with Crippen LogP contribution in [0.15, 0.2) is 107 Å². The molecule has 9 nitrogen and oxygen atoms in total. The summed E-state index contributed by atoms with van der Waals surface area (Å²) in [5.41, 5.74) is 6.54. The Morgan fingerprint density at radius 2 is 1.62 bits per heavy atom. The lowest BCUT2D eigenvalue weighted by Gasteiger charge is -2.50. The van der Waals surface area contributed by atoms with Crippen molar-refractivity contribution in [2.24, 2.45) is 23.7 Å². The number of imide groups is 2. The third-order valence-electron chi connectivity index (χ3n) is 11.6. The van der Waals surface area contributed by atoms with Crippen molar-refractivity contribution in [3.05, 3.63) is 129 Å². The fraction of sp³-hybridized carbons (Fsp3) is 0.286. The number of hydrogen-bond donors (Lipinski definition) is 2. The van der Waals surface area contributed by atoms with Crippen LogP contribution in [0.4, 0.5) is 11.4 Å². The molecule has 52 heavy (non-hydrogen) atoms. The van der Waals surface area contributed by atoms with Crippen molar-refractivity contribution in [3.8, 4) is 11.5 Å². The fourth-order valence-corrected chi connectivity index (χ4v) is 9.65. The Morgan fingerprint density at radius 1 is 0.904 bits per heavy atom. The van der Waals surface area contributed by atoms with E-state index >= 15 is 4.79 Å². The van der Waals surface area contributed by atoms with Gasteiger partial charge in [-0.05, 0) is 79.6 Å². The summed E-state index contributed by atoms with van der Waals surface area (Å²) >= 11 is 3.59. The number of hydrogen-bond acceptors (Lipinski definition) is 7. The number of amides is 4. The molecule has 0 bridgehead atoms. The summed E-state index contributed by atoms with van der Waals surface area (Å²) in [6, 6.07) is 27.5. The second-order valence-corrected chi connectivity index (χ2v) is 15.1. The highest BCUT2D eigenvalue weighted by molar-refractivity contribution is 9.10. The molecule has 8 rings (SSSR count). The molecule has 3 fully saturated rings. The Hall–Kier alpha value is -5.22. The summed E-state index contributed by atoms with van der Waals surface area (Å²) in [5, 5.41) is 13.0. The van der Waals surface area contributed by atoms with E-state index in [1.807, 2.05) is 98.8 Å². The normalized spacial score (nSPS) is 26.5. The quantitative estimate of drug-likeness (QED) is 0.151. The van der Waals surface area contributed by atoms with E-state index in [2.05, 4.69) is 21.4 Å². The zero-order valence-corrected chi connectivity index (χ0v) is 30.6. The summed E-state index contributed by atoms with van der Waals surface area (Å²) in [7, 11) is 1.46. The van der Waals surface area contributed by atoms with Crippen LogP contribution in [0.2, 0.25) is 0 Å². The largest absolute Gasteiger partial charge is 0.504 e. The molecule has 0 radical (unpaired) electrons. The molecule has 6 atom stereocenters. The zero-order chi connectivity index (χ0) is 36.5.